The third-order valence-electron chi connectivity index (χ3n) is 3.29. The summed E-state index contributed by atoms with van der Waals surface area (Å²) in [5.41, 5.74) is 1.10. The molecule has 2 aromatic rings. The van der Waals surface area contributed by atoms with E-state index in [0.29, 0.717) is 17.2 Å². The normalized spacial score (nSPS) is 14.3. The molecule has 0 aliphatic heterocycles. The van der Waals surface area contributed by atoms with Gasteiger partial charge in [0, 0.05) is 30.3 Å². The molecule has 20 heavy (non-hydrogen) atoms. The minimum absolute atomic E-state index is 0.352. The first-order valence-electron chi connectivity index (χ1n) is 7.00. The minimum atomic E-state index is -0.352. The Morgan fingerprint density at radius 3 is 2.90 bits per heavy atom. The molecule has 0 unspecified atom stereocenters. The lowest BCUT2D eigenvalue weighted by molar-refractivity contribution is 0.624. The fraction of sp³-hybridized carbons (Fsp3) is 0.400. The van der Waals surface area contributed by atoms with Crippen LogP contribution in [0.5, 0.6) is 0 Å². The van der Waals surface area contributed by atoms with Crippen LogP contribution in [0, 0.1) is 5.82 Å². The zero-order chi connectivity index (χ0) is 13.9. The van der Waals surface area contributed by atoms with Crippen LogP contribution in [0.3, 0.4) is 0 Å². The fourth-order valence-electron chi connectivity index (χ4n) is 2.05. The quantitative estimate of drug-likeness (QED) is 0.906. The number of nitrogens with zero attached hydrogens (tertiary/aromatic N) is 3. The largest absolute Gasteiger partial charge is 0.370 e. The molecule has 1 N–H and O–H groups in total. The van der Waals surface area contributed by atoms with Gasteiger partial charge in [-0.25, -0.2) is 14.4 Å². The van der Waals surface area contributed by atoms with Crippen molar-refractivity contribution in [2.24, 2.45) is 0 Å². The van der Waals surface area contributed by atoms with E-state index in [1.165, 1.54) is 6.20 Å². The molecule has 2 heterocycles. The van der Waals surface area contributed by atoms with Gasteiger partial charge < -0.3 is 5.32 Å². The maximum absolute atomic E-state index is 13.9. The number of anilines is 1. The van der Waals surface area contributed by atoms with Crippen LogP contribution in [0.25, 0.3) is 11.3 Å². The highest BCUT2D eigenvalue weighted by atomic mass is 19.1. The second kappa shape index (κ2) is 5.53. The zero-order valence-corrected chi connectivity index (χ0v) is 11.4. The van der Waals surface area contributed by atoms with Gasteiger partial charge in [-0.15, -0.1) is 0 Å². The Balaban J connectivity index is 2.00. The van der Waals surface area contributed by atoms with Crippen LogP contribution in [-0.4, -0.2) is 21.5 Å². The van der Waals surface area contributed by atoms with E-state index in [2.05, 4.69) is 27.2 Å². The Morgan fingerprint density at radius 2 is 2.20 bits per heavy atom. The monoisotopic (exact) mass is 272 g/mol. The van der Waals surface area contributed by atoms with Crippen molar-refractivity contribution in [1.29, 1.82) is 0 Å². The predicted molar refractivity (Wildman–Crippen MR) is 76.0 cm³/mol. The highest BCUT2D eigenvalue weighted by molar-refractivity contribution is 5.62. The molecule has 1 fully saturated rings. The molecule has 0 radical (unpaired) electrons. The van der Waals surface area contributed by atoms with Crippen LogP contribution < -0.4 is 5.32 Å². The van der Waals surface area contributed by atoms with E-state index in [-0.39, 0.29) is 5.82 Å². The van der Waals surface area contributed by atoms with Crippen LogP contribution in [0.4, 0.5) is 10.2 Å². The van der Waals surface area contributed by atoms with Crippen LogP contribution >= 0.6 is 0 Å². The third-order valence-corrected chi connectivity index (χ3v) is 3.29. The van der Waals surface area contributed by atoms with Crippen molar-refractivity contribution >= 4 is 5.82 Å². The summed E-state index contributed by atoms with van der Waals surface area (Å²) in [4.78, 5) is 12.8. The van der Waals surface area contributed by atoms with Gasteiger partial charge >= 0.3 is 0 Å². The van der Waals surface area contributed by atoms with E-state index in [0.717, 1.165) is 37.4 Å². The molecule has 2 aromatic heterocycles. The first kappa shape index (κ1) is 13.0. The number of hydrogen-bond acceptors (Lipinski definition) is 4. The molecule has 1 aliphatic rings. The second-order valence-corrected chi connectivity index (χ2v) is 5.05. The van der Waals surface area contributed by atoms with Gasteiger partial charge in [0.1, 0.15) is 11.6 Å². The number of rotatable bonds is 5. The Morgan fingerprint density at radius 1 is 1.35 bits per heavy atom. The van der Waals surface area contributed by atoms with Gasteiger partial charge in [0.15, 0.2) is 5.82 Å². The van der Waals surface area contributed by atoms with Crippen molar-refractivity contribution in [2.45, 2.75) is 32.1 Å². The maximum atomic E-state index is 13.9. The molecule has 0 bridgehead atoms. The zero-order valence-electron chi connectivity index (χ0n) is 11.4. The Labute approximate surface area is 117 Å². The highest BCUT2D eigenvalue weighted by Crippen LogP contribution is 2.39. The Bertz CT molecular complexity index is 611. The Hall–Kier alpha value is -2.04. The van der Waals surface area contributed by atoms with Gasteiger partial charge in [-0.3, -0.25) is 4.98 Å². The summed E-state index contributed by atoms with van der Waals surface area (Å²) in [5, 5.41) is 3.26. The summed E-state index contributed by atoms with van der Waals surface area (Å²) in [5.74, 6) is 1.67. The standard InChI is InChI=1S/C15H17FN4/c1-2-6-18-14-8-13(11-5-7-17-9-12(11)16)19-15(20-14)10-3-4-10/h5,7-10H,2-4,6H2,1H3,(H,18,19,20). The van der Waals surface area contributed by atoms with Crippen molar-refractivity contribution in [1.82, 2.24) is 15.0 Å². The van der Waals surface area contributed by atoms with Crippen molar-refractivity contribution in [3.63, 3.8) is 0 Å². The summed E-state index contributed by atoms with van der Waals surface area (Å²) in [6.07, 6.45) is 6.05. The summed E-state index contributed by atoms with van der Waals surface area (Å²) in [6.45, 7) is 2.94. The summed E-state index contributed by atoms with van der Waals surface area (Å²) in [6, 6.07) is 3.46. The Kier molecular flexibility index (Phi) is 3.58. The van der Waals surface area contributed by atoms with Gasteiger partial charge in [0.05, 0.1) is 11.9 Å². The number of halogens is 1. The fourth-order valence-corrected chi connectivity index (χ4v) is 2.05. The minimum Gasteiger partial charge on any atom is -0.370 e. The molecule has 0 amide bonds. The second-order valence-electron chi connectivity index (χ2n) is 5.05. The molecule has 1 aliphatic carbocycles. The first-order valence-corrected chi connectivity index (χ1v) is 7.00. The van der Waals surface area contributed by atoms with Crippen molar-refractivity contribution < 1.29 is 4.39 Å². The van der Waals surface area contributed by atoms with Gasteiger partial charge in [0.2, 0.25) is 0 Å². The molecule has 3 rings (SSSR count). The lowest BCUT2D eigenvalue weighted by Crippen LogP contribution is -2.06. The highest BCUT2D eigenvalue weighted by Gasteiger charge is 2.27. The number of aromatic nitrogens is 3. The molecule has 104 valence electrons. The maximum Gasteiger partial charge on any atom is 0.150 e. The molecular formula is C15H17FN4. The van der Waals surface area contributed by atoms with Crippen LogP contribution in [0.1, 0.15) is 37.9 Å². The van der Waals surface area contributed by atoms with Gasteiger partial charge in [0.25, 0.3) is 0 Å². The molecule has 4 nitrogen and oxygen atoms in total. The molecule has 5 heteroatoms. The molecule has 0 saturated heterocycles. The predicted octanol–water partition coefficient (Wildman–Crippen LogP) is 3.38. The third kappa shape index (κ3) is 2.76. The molecular weight excluding hydrogens is 255 g/mol. The van der Waals surface area contributed by atoms with Crippen LogP contribution in [-0.2, 0) is 0 Å². The van der Waals surface area contributed by atoms with Crippen molar-refractivity contribution in [3.05, 3.63) is 36.2 Å². The van der Waals surface area contributed by atoms with E-state index in [1.54, 1.807) is 18.3 Å². The molecule has 0 atom stereocenters. The summed E-state index contributed by atoms with van der Waals surface area (Å²) >= 11 is 0. The lowest BCUT2D eigenvalue weighted by Gasteiger charge is -2.09. The lowest BCUT2D eigenvalue weighted by atomic mass is 10.1. The smallest absolute Gasteiger partial charge is 0.150 e. The molecule has 0 aromatic carbocycles. The van der Waals surface area contributed by atoms with E-state index in [1.807, 2.05) is 0 Å². The molecule has 1 saturated carbocycles. The molecule has 0 spiro atoms. The number of nitrogens with one attached hydrogen (secondary N) is 1. The summed E-state index contributed by atoms with van der Waals surface area (Å²) in [7, 11) is 0. The van der Waals surface area contributed by atoms with Crippen molar-refractivity contribution in [2.75, 3.05) is 11.9 Å². The van der Waals surface area contributed by atoms with Gasteiger partial charge in [-0.2, -0.15) is 0 Å². The van der Waals surface area contributed by atoms with E-state index >= 15 is 0 Å². The van der Waals surface area contributed by atoms with Gasteiger partial charge in [-0.05, 0) is 25.3 Å². The average Bonchev–Trinajstić information content (AvgIpc) is 3.30. The van der Waals surface area contributed by atoms with E-state index < -0.39 is 0 Å². The van der Waals surface area contributed by atoms with Crippen molar-refractivity contribution in [3.8, 4) is 11.3 Å². The van der Waals surface area contributed by atoms with Crippen LogP contribution in [0.2, 0.25) is 0 Å². The SMILES string of the molecule is CCCNc1cc(-c2ccncc2F)nc(C2CC2)n1. The van der Waals surface area contributed by atoms with Gasteiger partial charge in [-0.1, -0.05) is 6.92 Å². The number of pyridine rings is 1. The van der Waals surface area contributed by atoms with Crippen LogP contribution in [0.15, 0.2) is 24.5 Å². The number of hydrogen-bond donors (Lipinski definition) is 1. The average molecular weight is 272 g/mol. The van der Waals surface area contributed by atoms with E-state index in [9.17, 15) is 4.39 Å². The topological polar surface area (TPSA) is 50.7 Å². The summed E-state index contributed by atoms with van der Waals surface area (Å²) < 4.78 is 13.9. The van der Waals surface area contributed by atoms with E-state index in [4.69, 9.17) is 0 Å². The first-order chi connectivity index (χ1) is 9.78.